The number of hydrogen-bond acceptors (Lipinski definition) is 5. The molecule has 2 fully saturated rings. The van der Waals surface area contributed by atoms with Gasteiger partial charge in [0.2, 0.25) is 0 Å². The number of rotatable bonds is 4. The van der Waals surface area contributed by atoms with E-state index in [1.54, 1.807) is 12.2 Å². The Labute approximate surface area is 153 Å². The van der Waals surface area contributed by atoms with Crippen LogP contribution in [0, 0.1) is 28.6 Å². The molecule has 0 amide bonds. The maximum absolute atomic E-state index is 12.7. The van der Waals surface area contributed by atoms with Crippen LogP contribution < -0.4 is 0 Å². The lowest BCUT2D eigenvalue weighted by Crippen LogP contribution is -2.71. The van der Waals surface area contributed by atoms with Crippen molar-refractivity contribution in [3.05, 3.63) is 24.3 Å². The highest BCUT2D eigenvalue weighted by atomic mass is 16.6. The van der Waals surface area contributed by atoms with Crippen molar-refractivity contribution in [1.29, 1.82) is 0 Å². The summed E-state index contributed by atoms with van der Waals surface area (Å²) in [5.41, 5.74) is -2.00. The monoisotopic (exact) mass is 362 g/mol. The fourth-order valence-corrected chi connectivity index (χ4v) is 5.51. The van der Waals surface area contributed by atoms with Gasteiger partial charge in [0.25, 0.3) is 0 Å². The van der Waals surface area contributed by atoms with Crippen LogP contribution >= 0.6 is 0 Å². The molecule has 4 aliphatic rings. The summed E-state index contributed by atoms with van der Waals surface area (Å²) < 4.78 is 10.7. The van der Waals surface area contributed by atoms with Crippen LogP contribution in [0.1, 0.15) is 40.0 Å². The highest BCUT2D eigenvalue weighted by molar-refractivity contribution is 5.85. The summed E-state index contributed by atoms with van der Waals surface area (Å²) in [7, 11) is 1.29. The van der Waals surface area contributed by atoms with Crippen molar-refractivity contribution in [3.8, 4) is 0 Å². The van der Waals surface area contributed by atoms with E-state index in [0.29, 0.717) is 18.4 Å². The van der Waals surface area contributed by atoms with Crippen LogP contribution in [0.5, 0.6) is 0 Å². The highest BCUT2D eigenvalue weighted by Crippen LogP contribution is 2.66. The largest absolute Gasteiger partial charge is 0.481 e. The zero-order chi connectivity index (χ0) is 19.5. The maximum atomic E-state index is 12.7. The third-order valence-corrected chi connectivity index (χ3v) is 6.95. The number of methoxy groups -OCH3 is 1. The van der Waals surface area contributed by atoms with Crippen LogP contribution in [-0.2, 0) is 23.9 Å². The van der Waals surface area contributed by atoms with E-state index < -0.39 is 46.2 Å². The normalized spacial score (nSPS) is 40.1. The molecule has 0 aromatic rings. The van der Waals surface area contributed by atoms with Crippen LogP contribution in [0.25, 0.3) is 0 Å². The molecule has 1 spiro atoms. The number of esters is 2. The summed E-state index contributed by atoms with van der Waals surface area (Å²) in [5, 5.41) is 10.1. The minimum absolute atomic E-state index is 0.0795. The number of carbonyl (C=O) groups excluding carboxylic acids is 2. The standard InChI is InChI=1S/C20H26O6/c1-6-19(4)8-7-13-18(2,3)12-9-11(10-14(21)25-5)20(13,26-17(12)24)15(19)16(22)23/h6,9,12-13,15H,1,7-8,10H2,2-5H3,(H,22,23)/t12-,13?,15+,19+,20-/m1/s1. The number of aliphatic carboxylic acids is 1. The fraction of sp³-hybridized carbons (Fsp3) is 0.650. The van der Waals surface area contributed by atoms with Crippen LogP contribution in [0.3, 0.4) is 0 Å². The molecule has 26 heavy (non-hydrogen) atoms. The molecular formula is C20H26O6. The highest BCUT2D eigenvalue weighted by Gasteiger charge is 2.72. The van der Waals surface area contributed by atoms with Gasteiger partial charge in [-0.05, 0) is 23.8 Å². The number of hydrogen-bond donors (Lipinski definition) is 1. The third-order valence-electron chi connectivity index (χ3n) is 6.95. The van der Waals surface area contributed by atoms with E-state index in [1.165, 1.54) is 7.11 Å². The molecule has 1 N–H and O–H groups in total. The Kier molecular flexibility index (Phi) is 4.09. The van der Waals surface area contributed by atoms with Crippen LogP contribution in [0.2, 0.25) is 0 Å². The predicted octanol–water partition coefficient (Wildman–Crippen LogP) is 2.73. The molecular weight excluding hydrogens is 336 g/mol. The summed E-state index contributed by atoms with van der Waals surface area (Å²) in [6.45, 7) is 9.65. The fourth-order valence-electron chi connectivity index (χ4n) is 5.51. The molecule has 5 atom stereocenters. The molecule has 2 aliphatic heterocycles. The average molecular weight is 362 g/mol. The lowest BCUT2D eigenvalue weighted by atomic mass is 9.44. The Morgan fingerprint density at radius 1 is 1.42 bits per heavy atom. The number of ether oxygens (including phenoxy) is 2. The Morgan fingerprint density at radius 3 is 2.62 bits per heavy atom. The van der Waals surface area contributed by atoms with Crippen LogP contribution in [0.15, 0.2) is 24.3 Å². The molecule has 1 saturated heterocycles. The van der Waals surface area contributed by atoms with Crippen LogP contribution in [-0.4, -0.2) is 35.7 Å². The molecule has 6 heteroatoms. The van der Waals surface area contributed by atoms with E-state index in [9.17, 15) is 19.5 Å². The second kappa shape index (κ2) is 5.69. The first-order valence-electron chi connectivity index (χ1n) is 8.92. The van der Waals surface area contributed by atoms with Crippen LogP contribution in [0.4, 0.5) is 0 Å². The number of carboxylic acids is 1. The van der Waals surface area contributed by atoms with E-state index in [-0.39, 0.29) is 12.3 Å². The molecule has 142 valence electrons. The van der Waals surface area contributed by atoms with E-state index >= 15 is 0 Å². The smallest absolute Gasteiger partial charge is 0.314 e. The third kappa shape index (κ3) is 2.20. The average Bonchev–Trinajstić information content (AvgIpc) is 2.55. The molecule has 2 aliphatic carbocycles. The minimum atomic E-state index is -1.35. The Morgan fingerprint density at radius 2 is 2.08 bits per heavy atom. The zero-order valence-corrected chi connectivity index (χ0v) is 15.7. The van der Waals surface area contributed by atoms with Gasteiger partial charge in [0, 0.05) is 11.3 Å². The van der Waals surface area contributed by atoms with Crippen molar-refractivity contribution in [2.45, 2.75) is 45.6 Å². The van der Waals surface area contributed by atoms with E-state index in [0.717, 1.165) is 0 Å². The van der Waals surface area contributed by atoms with E-state index in [4.69, 9.17) is 9.47 Å². The Hall–Kier alpha value is -2.11. The van der Waals surface area contributed by atoms with E-state index in [2.05, 4.69) is 6.58 Å². The number of fused-ring (bicyclic) bond motifs is 1. The molecule has 2 bridgehead atoms. The second-order valence-electron chi connectivity index (χ2n) is 8.53. The molecule has 6 nitrogen and oxygen atoms in total. The van der Waals surface area contributed by atoms with Gasteiger partial charge in [-0.2, -0.15) is 0 Å². The summed E-state index contributed by atoms with van der Waals surface area (Å²) in [4.78, 5) is 37.1. The van der Waals surface area contributed by atoms with Gasteiger partial charge < -0.3 is 14.6 Å². The van der Waals surface area contributed by atoms with Crippen molar-refractivity contribution >= 4 is 17.9 Å². The zero-order valence-electron chi connectivity index (χ0n) is 15.7. The molecule has 4 rings (SSSR count). The molecule has 0 radical (unpaired) electrons. The minimum Gasteiger partial charge on any atom is -0.481 e. The van der Waals surface area contributed by atoms with Crippen molar-refractivity contribution < 1.29 is 29.0 Å². The van der Waals surface area contributed by atoms with Crippen molar-refractivity contribution in [1.82, 2.24) is 0 Å². The van der Waals surface area contributed by atoms with Gasteiger partial charge in [-0.3, -0.25) is 14.4 Å². The topological polar surface area (TPSA) is 89.9 Å². The van der Waals surface area contributed by atoms with Gasteiger partial charge in [-0.15, -0.1) is 6.58 Å². The molecule has 1 saturated carbocycles. The van der Waals surface area contributed by atoms with E-state index in [1.807, 2.05) is 20.8 Å². The second-order valence-corrected chi connectivity index (χ2v) is 8.53. The summed E-state index contributed by atoms with van der Waals surface area (Å²) in [5.74, 6) is -3.61. The Bertz CT molecular complexity index is 720. The summed E-state index contributed by atoms with van der Waals surface area (Å²) in [6, 6.07) is 0. The van der Waals surface area contributed by atoms with Gasteiger partial charge in [0.15, 0.2) is 5.60 Å². The Balaban J connectivity index is 2.27. The summed E-state index contributed by atoms with van der Waals surface area (Å²) >= 11 is 0. The molecule has 1 unspecified atom stereocenters. The number of carbonyl (C=O) groups is 3. The predicted molar refractivity (Wildman–Crippen MR) is 93.0 cm³/mol. The lowest BCUT2D eigenvalue weighted by molar-refractivity contribution is -0.235. The molecule has 0 aromatic heterocycles. The van der Waals surface area contributed by atoms with Gasteiger partial charge in [-0.25, -0.2) is 0 Å². The first-order chi connectivity index (χ1) is 12.0. The quantitative estimate of drug-likeness (QED) is 0.611. The summed E-state index contributed by atoms with van der Waals surface area (Å²) in [6.07, 6.45) is 4.66. The number of carboxylic acid groups (broad SMARTS) is 1. The molecule has 2 heterocycles. The van der Waals surface area contributed by atoms with Gasteiger partial charge >= 0.3 is 17.9 Å². The maximum Gasteiger partial charge on any atom is 0.314 e. The molecule has 0 aromatic carbocycles. The first-order valence-corrected chi connectivity index (χ1v) is 8.92. The van der Waals surface area contributed by atoms with Gasteiger partial charge in [0.05, 0.1) is 19.4 Å². The first kappa shape index (κ1) is 18.7. The van der Waals surface area contributed by atoms with Crippen molar-refractivity contribution in [2.75, 3.05) is 7.11 Å². The SMILES string of the molecule is C=C[C@@]1(C)CCC2C(C)(C)[C@@H]3C=C(CC(=O)OC)[C@]2(OC3=O)[C@H]1C(=O)O. The van der Waals surface area contributed by atoms with Crippen molar-refractivity contribution in [3.63, 3.8) is 0 Å². The van der Waals surface area contributed by atoms with Crippen molar-refractivity contribution in [2.24, 2.45) is 28.6 Å². The van der Waals surface area contributed by atoms with Gasteiger partial charge in [-0.1, -0.05) is 32.9 Å². The number of allylic oxidation sites excluding steroid dienone is 1. The lowest BCUT2D eigenvalue weighted by Gasteiger charge is -2.64. The van der Waals surface area contributed by atoms with Gasteiger partial charge in [0.1, 0.15) is 5.92 Å².